The highest BCUT2D eigenvalue weighted by Gasteiger charge is 2.22. The van der Waals surface area contributed by atoms with Crippen molar-refractivity contribution in [2.24, 2.45) is 5.92 Å². The summed E-state index contributed by atoms with van der Waals surface area (Å²) in [7, 11) is 1.99. The number of hydrogen-bond acceptors (Lipinski definition) is 2. The van der Waals surface area contributed by atoms with Crippen molar-refractivity contribution in [2.45, 2.75) is 19.9 Å². The summed E-state index contributed by atoms with van der Waals surface area (Å²) < 4.78 is 13.6. The van der Waals surface area contributed by atoms with Crippen LogP contribution in [-0.4, -0.2) is 31.6 Å². The van der Waals surface area contributed by atoms with Crippen LogP contribution >= 0.6 is 0 Å². The van der Waals surface area contributed by atoms with Crippen LogP contribution in [0.2, 0.25) is 0 Å². The summed E-state index contributed by atoms with van der Waals surface area (Å²) in [5, 5.41) is 3.21. The normalized spacial score (nSPS) is 21.0. The van der Waals surface area contributed by atoms with E-state index in [-0.39, 0.29) is 5.82 Å². The molecule has 0 aliphatic carbocycles. The molecule has 1 unspecified atom stereocenters. The van der Waals surface area contributed by atoms with Gasteiger partial charge in [0.15, 0.2) is 0 Å². The highest BCUT2D eigenvalue weighted by molar-refractivity contribution is 5.24. The molecule has 2 rings (SSSR count). The Morgan fingerprint density at radius 3 is 3.06 bits per heavy atom. The standard InChI is InChI=1S/C14H21FN2/c1-11-3-4-14(15)13(7-11)10-17-6-5-12(9-17)8-16-2/h3-4,7,12,16H,5-6,8-10H2,1-2H3. The maximum Gasteiger partial charge on any atom is 0.127 e. The highest BCUT2D eigenvalue weighted by atomic mass is 19.1. The van der Waals surface area contributed by atoms with E-state index in [1.807, 2.05) is 26.1 Å². The molecular formula is C14H21FN2. The summed E-state index contributed by atoms with van der Waals surface area (Å²) in [6, 6.07) is 5.36. The van der Waals surface area contributed by atoms with Crippen molar-refractivity contribution in [3.8, 4) is 0 Å². The van der Waals surface area contributed by atoms with Crippen LogP contribution in [0.25, 0.3) is 0 Å². The second-order valence-electron chi connectivity index (χ2n) is 5.04. The monoisotopic (exact) mass is 236 g/mol. The molecule has 0 bridgehead atoms. The molecule has 0 spiro atoms. The predicted molar refractivity (Wildman–Crippen MR) is 68.4 cm³/mol. The first-order valence-corrected chi connectivity index (χ1v) is 6.31. The summed E-state index contributed by atoms with van der Waals surface area (Å²) in [4.78, 5) is 2.35. The summed E-state index contributed by atoms with van der Waals surface area (Å²) in [6.07, 6.45) is 1.22. The molecule has 2 nitrogen and oxygen atoms in total. The maximum atomic E-state index is 13.6. The topological polar surface area (TPSA) is 15.3 Å². The second-order valence-corrected chi connectivity index (χ2v) is 5.04. The van der Waals surface area contributed by atoms with Crippen LogP contribution in [0.1, 0.15) is 17.5 Å². The third kappa shape index (κ3) is 3.27. The molecule has 1 aromatic rings. The Balaban J connectivity index is 1.95. The zero-order valence-corrected chi connectivity index (χ0v) is 10.7. The zero-order valence-electron chi connectivity index (χ0n) is 10.7. The van der Waals surface area contributed by atoms with Gasteiger partial charge in [-0.2, -0.15) is 0 Å². The number of nitrogens with zero attached hydrogens (tertiary/aromatic N) is 1. The summed E-state index contributed by atoms with van der Waals surface area (Å²) in [5.41, 5.74) is 1.96. The Morgan fingerprint density at radius 1 is 1.47 bits per heavy atom. The average molecular weight is 236 g/mol. The molecule has 1 fully saturated rings. The van der Waals surface area contributed by atoms with Gasteiger partial charge < -0.3 is 5.32 Å². The van der Waals surface area contributed by atoms with E-state index in [4.69, 9.17) is 0 Å². The van der Waals surface area contributed by atoms with Crippen LogP contribution in [0.4, 0.5) is 4.39 Å². The van der Waals surface area contributed by atoms with Gasteiger partial charge in [0.2, 0.25) is 0 Å². The van der Waals surface area contributed by atoms with Gasteiger partial charge in [0.1, 0.15) is 5.82 Å². The summed E-state index contributed by atoms with van der Waals surface area (Å²) >= 11 is 0. The molecule has 1 aliphatic heterocycles. The van der Waals surface area contributed by atoms with E-state index >= 15 is 0 Å². The lowest BCUT2D eigenvalue weighted by atomic mass is 10.1. The predicted octanol–water partition coefficient (Wildman–Crippen LogP) is 2.18. The highest BCUT2D eigenvalue weighted by Crippen LogP contribution is 2.19. The van der Waals surface area contributed by atoms with Gasteiger partial charge in [0.25, 0.3) is 0 Å². The van der Waals surface area contributed by atoms with Crippen molar-refractivity contribution in [1.29, 1.82) is 0 Å². The smallest absolute Gasteiger partial charge is 0.127 e. The van der Waals surface area contributed by atoms with E-state index in [1.165, 1.54) is 6.42 Å². The number of nitrogens with one attached hydrogen (secondary N) is 1. The first-order valence-electron chi connectivity index (χ1n) is 6.31. The van der Waals surface area contributed by atoms with E-state index in [0.29, 0.717) is 5.92 Å². The van der Waals surface area contributed by atoms with E-state index in [1.54, 1.807) is 6.07 Å². The fourth-order valence-corrected chi connectivity index (χ4v) is 2.58. The lowest BCUT2D eigenvalue weighted by Crippen LogP contribution is -2.24. The molecule has 1 aromatic carbocycles. The summed E-state index contributed by atoms with van der Waals surface area (Å²) in [6.45, 7) is 5.98. The molecule has 3 heteroatoms. The average Bonchev–Trinajstić information content (AvgIpc) is 2.72. The molecule has 0 saturated carbocycles. The largest absolute Gasteiger partial charge is 0.319 e. The molecule has 0 radical (unpaired) electrons. The van der Waals surface area contributed by atoms with E-state index < -0.39 is 0 Å². The van der Waals surface area contributed by atoms with Crippen molar-refractivity contribution >= 4 is 0 Å². The van der Waals surface area contributed by atoms with Crippen molar-refractivity contribution in [1.82, 2.24) is 10.2 Å². The first-order chi connectivity index (χ1) is 8.19. The Kier molecular flexibility index (Phi) is 4.13. The maximum absolute atomic E-state index is 13.6. The van der Waals surface area contributed by atoms with Crippen molar-refractivity contribution in [3.63, 3.8) is 0 Å². The molecule has 94 valence electrons. The van der Waals surface area contributed by atoms with E-state index in [9.17, 15) is 4.39 Å². The number of halogens is 1. The van der Waals surface area contributed by atoms with Crippen LogP contribution in [0.5, 0.6) is 0 Å². The lowest BCUT2D eigenvalue weighted by Gasteiger charge is -2.16. The van der Waals surface area contributed by atoms with Gasteiger partial charge in [-0.05, 0) is 45.5 Å². The molecule has 17 heavy (non-hydrogen) atoms. The molecule has 0 amide bonds. The van der Waals surface area contributed by atoms with Crippen LogP contribution in [0, 0.1) is 18.7 Å². The fourth-order valence-electron chi connectivity index (χ4n) is 2.58. The number of hydrogen-bond donors (Lipinski definition) is 1. The van der Waals surface area contributed by atoms with Crippen LogP contribution < -0.4 is 5.32 Å². The van der Waals surface area contributed by atoms with Gasteiger partial charge in [0.05, 0.1) is 0 Å². The Morgan fingerprint density at radius 2 is 2.29 bits per heavy atom. The Bertz CT molecular complexity index is 378. The zero-order chi connectivity index (χ0) is 12.3. The first kappa shape index (κ1) is 12.5. The molecule has 1 aliphatic rings. The van der Waals surface area contributed by atoms with Crippen LogP contribution in [0.15, 0.2) is 18.2 Å². The second kappa shape index (κ2) is 5.61. The lowest BCUT2D eigenvalue weighted by molar-refractivity contribution is 0.310. The minimum atomic E-state index is -0.0762. The molecular weight excluding hydrogens is 215 g/mol. The van der Waals surface area contributed by atoms with Gasteiger partial charge in [-0.15, -0.1) is 0 Å². The molecule has 1 N–H and O–H groups in total. The van der Waals surface area contributed by atoms with Crippen LogP contribution in [-0.2, 0) is 6.54 Å². The number of benzene rings is 1. The minimum absolute atomic E-state index is 0.0762. The quantitative estimate of drug-likeness (QED) is 0.862. The van der Waals surface area contributed by atoms with Gasteiger partial charge >= 0.3 is 0 Å². The number of aryl methyl sites for hydroxylation is 1. The third-order valence-corrected chi connectivity index (χ3v) is 3.46. The van der Waals surface area contributed by atoms with Gasteiger partial charge in [-0.25, -0.2) is 4.39 Å². The van der Waals surface area contributed by atoms with Gasteiger partial charge in [0, 0.05) is 18.7 Å². The van der Waals surface area contributed by atoms with E-state index in [2.05, 4.69) is 10.2 Å². The van der Waals surface area contributed by atoms with E-state index in [0.717, 1.165) is 37.3 Å². The molecule has 0 aromatic heterocycles. The fraction of sp³-hybridized carbons (Fsp3) is 0.571. The van der Waals surface area contributed by atoms with Crippen LogP contribution in [0.3, 0.4) is 0 Å². The molecule has 1 atom stereocenters. The van der Waals surface area contributed by atoms with Crippen molar-refractivity contribution in [2.75, 3.05) is 26.7 Å². The van der Waals surface area contributed by atoms with Crippen molar-refractivity contribution in [3.05, 3.63) is 35.1 Å². The number of rotatable bonds is 4. The Hall–Kier alpha value is -0.930. The van der Waals surface area contributed by atoms with Crippen molar-refractivity contribution < 1.29 is 4.39 Å². The van der Waals surface area contributed by atoms with Gasteiger partial charge in [-0.1, -0.05) is 17.7 Å². The van der Waals surface area contributed by atoms with Gasteiger partial charge in [-0.3, -0.25) is 4.90 Å². The molecule has 1 saturated heterocycles. The Labute approximate surface area is 103 Å². The summed E-state index contributed by atoms with van der Waals surface area (Å²) in [5.74, 6) is 0.639. The SMILES string of the molecule is CNCC1CCN(Cc2cc(C)ccc2F)C1. The number of likely N-dealkylation sites (tertiary alicyclic amines) is 1. The third-order valence-electron chi connectivity index (χ3n) is 3.46. The minimum Gasteiger partial charge on any atom is -0.319 e. The molecule has 1 heterocycles.